The van der Waals surface area contributed by atoms with E-state index in [0.29, 0.717) is 6.42 Å². The third-order valence-corrected chi connectivity index (χ3v) is 3.06. The van der Waals surface area contributed by atoms with Crippen molar-refractivity contribution in [1.29, 1.82) is 0 Å². The van der Waals surface area contributed by atoms with Crippen molar-refractivity contribution in [2.24, 2.45) is 7.05 Å². The molecule has 0 aliphatic carbocycles. The summed E-state index contributed by atoms with van der Waals surface area (Å²) >= 11 is 0. The summed E-state index contributed by atoms with van der Waals surface area (Å²) in [4.78, 5) is 12.6. The molecule has 0 saturated carbocycles. The van der Waals surface area contributed by atoms with Gasteiger partial charge in [0, 0.05) is 31.3 Å². The maximum absolute atomic E-state index is 10.4. The van der Waals surface area contributed by atoms with Gasteiger partial charge in [-0.2, -0.15) is 5.10 Å². The zero-order valence-corrected chi connectivity index (χ0v) is 11.0. The number of rotatable bonds is 6. The molecule has 5 heteroatoms. The van der Waals surface area contributed by atoms with Gasteiger partial charge in [-0.15, -0.1) is 0 Å². The lowest BCUT2D eigenvalue weighted by atomic mass is 10.1. The molecule has 1 N–H and O–H groups in total. The topological polar surface area (TPSA) is 58.4 Å². The molecule has 1 heterocycles. The Morgan fingerprint density at radius 1 is 1.65 bits per heavy atom. The Kier molecular flexibility index (Phi) is 4.69. The van der Waals surface area contributed by atoms with E-state index >= 15 is 0 Å². The second-order valence-electron chi connectivity index (χ2n) is 4.50. The minimum absolute atomic E-state index is 0.225. The van der Waals surface area contributed by atoms with E-state index in [0.717, 1.165) is 12.2 Å². The van der Waals surface area contributed by atoms with Crippen molar-refractivity contribution in [2.45, 2.75) is 32.7 Å². The molecule has 0 radical (unpaired) electrons. The second-order valence-corrected chi connectivity index (χ2v) is 4.50. The van der Waals surface area contributed by atoms with Crippen LogP contribution in [0, 0.1) is 6.92 Å². The zero-order valence-electron chi connectivity index (χ0n) is 11.0. The highest BCUT2D eigenvalue weighted by Gasteiger charge is 2.16. The maximum atomic E-state index is 10.4. The molecule has 0 spiro atoms. The van der Waals surface area contributed by atoms with Crippen LogP contribution in [0.5, 0.6) is 0 Å². The van der Waals surface area contributed by atoms with Crippen LogP contribution in [0.4, 0.5) is 0 Å². The molecular weight excluding hydrogens is 218 g/mol. The van der Waals surface area contributed by atoms with Crippen LogP contribution in [0.2, 0.25) is 0 Å². The van der Waals surface area contributed by atoms with Gasteiger partial charge in [-0.25, -0.2) is 0 Å². The van der Waals surface area contributed by atoms with Crippen molar-refractivity contribution in [3.63, 3.8) is 0 Å². The lowest BCUT2D eigenvalue weighted by Gasteiger charge is -2.24. The normalized spacial score (nSPS) is 13.0. The van der Waals surface area contributed by atoms with Gasteiger partial charge < -0.3 is 5.11 Å². The lowest BCUT2D eigenvalue weighted by molar-refractivity contribution is -0.137. The van der Waals surface area contributed by atoms with Gasteiger partial charge in [0.05, 0.1) is 5.69 Å². The summed E-state index contributed by atoms with van der Waals surface area (Å²) in [6.45, 7) is 4.89. The molecule has 0 aliphatic rings. The highest BCUT2D eigenvalue weighted by molar-refractivity contribution is 5.66. The van der Waals surface area contributed by atoms with Crippen LogP contribution in [-0.2, 0) is 11.8 Å². The fourth-order valence-electron chi connectivity index (χ4n) is 1.94. The first-order chi connectivity index (χ1) is 7.91. The Bertz CT molecular complexity index is 387. The molecule has 1 atom stereocenters. The fraction of sp³-hybridized carbons (Fsp3) is 0.667. The summed E-state index contributed by atoms with van der Waals surface area (Å²) in [5.41, 5.74) is 2.23. The number of aromatic nitrogens is 2. The number of nitrogens with zero attached hydrogens (tertiary/aromatic N) is 3. The Morgan fingerprint density at radius 2 is 2.29 bits per heavy atom. The third kappa shape index (κ3) is 3.85. The molecule has 0 amide bonds. The van der Waals surface area contributed by atoms with Crippen molar-refractivity contribution in [1.82, 2.24) is 14.7 Å². The van der Waals surface area contributed by atoms with Crippen LogP contribution in [0.15, 0.2) is 6.20 Å². The fourth-order valence-corrected chi connectivity index (χ4v) is 1.94. The molecule has 1 aromatic rings. The number of carbonyl (C=O) groups is 1. The van der Waals surface area contributed by atoms with Gasteiger partial charge in [0.2, 0.25) is 0 Å². The number of carboxylic acids is 1. The van der Waals surface area contributed by atoms with Crippen LogP contribution in [0.1, 0.15) is 37.1 Å². The monoisotopic (exact) mass is 239 g/mol. The van der Waals surface area contributed by atoms with Crippen LogP contribution in [0.25, 0.3) is 0 Å². The van der Waals surface area contributed by atoms with E-state index in [9.17, 15) is 4.79 Å². The van der Waals surface area contributed by atoms with Gasteiger partial charge in [-0.3, -0.25) is 14.4 Å². The smallest absolute Gasteiger partial charge is 0.303 e. The van der Waals surface area contributed by atoms with Crippen LogP contribution in [0.3, 0.4) is 0 Å². The van der Waals surface area contributed by atoms with Gasteiger partial charge in [-0.05, 0) is 33.9 Å². The van der Waals surface area contributed by atoms with Crippen molar-refractivity contribution in [3.8, 4) is 0 Å². The molecule has 0 aromatic carbocycles. The number of hydrogen-bond donors (Lipinski definition) is 1. The Labute approximate surface area is 102 Å². The van der Waals surface area contributed by atoms with E-state index in [-0.39, 0.29) is 12.5 Å². The van der Waals surface area contributed by atoms with E-state index in [2.05, 4.69) is 16.9 Å². The molecular formula is C12H21N3O2. The third-order valence-electron chi connectivity index (χ3n) is 3.06. The van der Waals surface area contributed by atoms with E-state index in [4.69, 9.17) is 5.11 Å². The number of aryl methyl sites for hydroxylation is 2. The maximum Gasteiger partial charge on any atom is 0.303 e. The highest BCUT2D eigenvalue weighted by Crippen LogP contribution is 2.21. The van der Waals surface area contributed by atoms with E-state index in [1.54, 1.807) is 0 Å². The van der Waals surface area contributed by atoms with Gasteiger partial charge in [0.25, 0.3) is 0 Å². The Morgan fingerprint density at radius 3 is 2.76 bits per heavy atom. The molecule has 0 aliphatic heterocycles. The standard InChI is InChI=1S/C12H21N3O2/c1-9-11(8-15(4)13-9)10(2)14(3)7-5-6-12(16)17/h8,10H,5-7H2,1-4H3,(H,16,17). The Balaban J connectivity index is 2.54. The first-order valence-corrected chi connectivity index (χ1v) is 5.84. The van der Waals surface area contributed by atoms with E-state index in [1.165, 1.54) is 5.56 Å². The van der Waals surface area contributed by atoms with Gasteiger partial charge in [-0.1, -0.05) is 0 Å². The predicted octanol–water partition coefficient (Wildman–Crippen LogP) is 1.59. The minimum atomic E-state index is -0.733. The van der Waals surface area contributed by atoms with Crippen LogP contribution >= 0.6 is 0 Å². The summed E-state index contributed by atoms with van der Waals surface area (Å²) in [7, 11) is 3.92. The predicted molar refractivity (Wildman–Crippen MR) is 65.9 cm³/mol. The highest BCUT2D eigenvalue weighted by atomic mass is 16.4. The average molecular weight is 239 g/mol. The summed E-state index contributed by atoms with van der Waals surface area (Å²) in [5.74, 6) is -0.733. The summed E-state index contributed by atoms with van der Waals surface area (Å²) in [5, 5.41) is 12.9. The van der Waals surface area contributed by atoms with E-state index < -0.39 is 5.97 Å². The Hall–Kier alpha value is -1.36. The number of aliphatic carboxylic acids is 1. The molecule has 5 nitrogen and oxygen atoms in total. The SMILES string of the molecule is Cc1nn(C)cc1C(C)N(C)CCCC(=O)O. The lowest BCUT2D eigenvalue weighted by Crippen LogP contribution is -2.24. The molecule has 0 fully saturated rings. The van der Waals surface area contributed by atoms with Crippen LogP contribution in [-0.4, -0.2) is 39.3 Å². The quantitative estimate of drug-likeness (QED) is 0.819. The summed E-state index contributed by atoms with van der Waals surface area (Å²) < 4.78 is 1.81. The van der Waals surface area contributed by atoms with E-state index in [1.807, 2.05) is 31.9 Å². The zero-order chi connectivity index (χ0) is 13.0. The number of carboxylic acid groups (broad SMARTS) is 1. The minimum Gasteiger partial charge on any atom is -0.481 e. The van der Waals surface area contributed by atoms with Crippen molar-refractivity contribution >= 4 is 5.97 Å². The molecule has 1 aromatic heterocycles. The second kappa shape index (κ2) is 5.82. The molecule has 0 saturated heterocycles. The van der Waals surface area contributed by atoms with Gasteiger partial charge in [0.1, 0.15) is 0 Å². The van der Waals surface area contributed by atoms with Gasteiger partial charge in [0.15, 0.2) is 0 Å². The first kappa shape index (κ1) is 13.7. The first-order valence-electron chi connectivity index (χ1n) is 5.84. The van der Waals surface area contributed by atoms with Gasteiger partial charge >= 0.3 is 5.97 Å². The van der Waals surface area contributed by atoms with Crippen molar-refractivity contribution in [3.05, 3.63) is 17.5 Å². The molecule has 96 valence electrons. The number of hydrogen-bond acceptors (Lipinski definition) is 3. The molecule has 1 rings (SSSR count). The molecule has 1 unspecified atom stereocenters. The molecule has 0 bridgehead atoms. The van der Waals surface area contributed by atoms with Crippen molar-refractivity contribution < 1.29 is 9.90 Å². The molecule has 17 heavy (non-hydrogen) atoms. The average Bonchev–Trinajstić information content (AvgIpc) is 2.56. The summed E-state index contributed by atoms with van der Waals surface area (Å²) in [6, 6.07) is 0.262. The van der Waals surface area contributed by atoms with Crippen LogP contribution < -0.4 is 0 Å². The van der Waals surface area contributed by atoms with Crippen molar-refractivity contribution in [2.75, 3.05) is 13.6 Å². The summed E-state index contributed by atoms with van der Waals surface area (Å²) in [6.07, 6.45) is 2.92. The largest absolute Gasteiger partial charge is 0.481 e.